The summed E-state index contributed by atoms with van der Waals surface area (Å²) in [4.78, 5) is 12.8. The number of aryl methyl sites for hydroxylation is 1. The highest BCUT2D eigenvalue weighted by molar-refractivity contribution is 9.11. The molecule has 0 radical (unpaired) electrons. The van der Waals surface area contributed by atoms with E-state index in [1.165, 1.54) is 0 Å². The SMILES string of the molecule is Cc1ccc(Br)c(C(=O)c2csc3c(Br)cccc23)c1. The van der Waals surface area contributed by atoms with E-state index in [4.69, 9.17) is 0 Å². The van der Waals surface area contributed by atoms with Crippen molar-refractivity contribution in [3.8, 4) is 0 Å². The summed E-state index contributed by atoms with van der Waals surface area (Å²) in [5, 5.41) is 2.94. The molecule has 1 nitrogen and oxygen atoms in total. The van der Waals surface area contributed by atoms with Crippen molar-refractivity contribution in [1.82, 2.24) is 0 Å². The van der Waals surface area contributed by atoms with Crippen molar-refractivity contribution in [3.63, 3.8) is 0 Å². The van der Waals surface area contributed by atoms with Crippen LogP contribution in [-0.4, -0.2) is 5.78 Å². The third-order valence-electron chi connectivity index (χ3n) is 3.16. The number of rotatable bonds is 2. The molecule has 0 bridgehead atoms. The first-order chi connectivity index (χ1) is 9.58. The molecule has 1 heterocycles. The molecule has 0 fully saturated rings. The fourth-order valence-electron chi connectivity index (χ4n) is 2.16. The van der Waals surface area contributed by atoms with Gasteiger partial charge in [0.15, 0.2) is 5.78 Å². The van der Waals surface area contributed by atoms with E-state index in [0.29, 0.717) is 5.56 Å². The van der Waals surface area contributed by atoms with E-state index in [1.54, 1.807) is 11.3 Å². The van der Waals surface area contributed by atoms with Crippen LogP contribution in [-0.2, 0) is 0 Å². The number of carbonyl (C=O) groups is 1. The van der Waals surface area contributed by atoms with Crippen LogP contribution in [0.1, 0.15) is 21.5 Å². The summed E-state index contributed by atoms with van der Waals surface area (Å²) in [7, 11) is 0. The summed E-state index contributed by atoms with van der Waals surface area (Å²) in [6, 6.07) is 11.8. The smallest absolute Gasteiger partial charge is 0.195 e. The van der Waals surface area contributed by atoms with Crippen LogP contribution in [0.15, 0.2) is 50.7 Å². The minimum absolute atomic E-state index is 0.0601. The van der Waals surface area contributed by atoms with Gasteiger partial charge in [-0.2, -0.15) is 0 Å². The van der Waals surface area contributed by atoms with Crippen molar-refractivity contribution in [2.45, 2.75) is 6.92 Å². The van der Waals surface area contributed by atoms with Crippen molar-refractivity contribution in [3.05, 3.63) is 67.4 Å². The molecule has 0 aliphatic heterocycles. The number of ketones is 1. The Balaban J connectivity index is 2.18. The molecular weight excluding hydrogens is 400 g/mol. The number of carbonyl (C=O) groups excluding carboxylic acids is 1. The van der Waals surface area contributed by atoms with E-state index in [-0.39, 0.29) is 5.78 Å². The van der Waals surface area contributed by atoms with Gasteiger partial charge in [-0.25, -0.2) is 0 Å². The lowest BCUT2D eigenvalue weighted by Gasteiger charge is -2.04. The zero-order valence-corrected chi connectivity index (χ0v) is 14.6. The number of thiophene rings is 1. The highest BCUT2D eigenvalue weighted by atomic mass is 79.9. The maximum Gasteiger partial charge on any atom is 0.195 e. The van der Waals surface area contributed by atoms with Crippen LogP contribution in [0.3, 0.4) is 0 Å². The third-order valence-corrected chi connectivity index (χ3v) is 5.81. The van der Waals surface area contributed by atoms with Crippen LogP contribution in [0.4, 0.5) is 0 Å². The molecule has 0 unspecified atom stereocenters. The van der Waals surface area contributed by atoms with Gasteiger partial charge in [0.25, 0.3) is 0 Å². The van der Waals surface area contributed by atoms with Crippen molar-refractivity contribution >= 4 is 59.1 Å². The Morgan fingerprint density at radius 3 is 2.65 bits per heavy atom. The van der Waals surface area contributed by atoms with Crippen LogP contribution < -0.4 is 0 Å². The van der Waals surface area contributed by atoms with Crippen molar-refractivity contribution in [2.75, 3.05) is 0 Å². The number of hydrogen-bond acceptors (Lipinski definition) is 2. The highest BCUT2D eigenvalue weighted by Crippen LogP contribution is 2.34. The Labute approximate surface area is 137 Å². The molecule has 4 heteroatoms. The number of fused-ring (bicyclic) bond motifs is 1. The Kier molecular flexibility index (Phi) is 3.80. The standard InChI is InChI=1S/C16H10Br2OS/c1-9-5-6-13(17)11(7-9)15(19)12-8-20-16-10(12)3-2-4-14(16)18/h2-8H,1H3. The Morgan fingerprint density at radius 2 is 1.85 bits per heavy atom. The first-order valence-electron chi connectivity index (χ1n) is 6.04. The zero-order chi connectivity index (χ0) is 14.3. The maximum atomic E-state index is 12.8. The fourth-order valence-corrected chi connectivity index (χ4v) is 4.18. The normalized spacial score (nSPS) is 10.9. The molecule has 0 saturated carbocycles. The molecular formula is C16H10Br2OS. The second kappa shape index (κ2) is 5.43. The lowest BCUT2D eigenvalue weighted by molar-refractivity contribution is 0.104. The van der Waals surface area contributed by atoms with Crippen molar-refractivity contribution in [1.29, 1.82) is 0 Å². The van der Waals surface area contributed by atoms with Gasteiger partial charge < -0.3 is 0 Å². The van der Waals surface area contributed by atoms with Gasteiger partial charge in [-0.15, -0.1) is 11.3 Å². The van der Waals surface area contributed by atoms with E-state index < -0.39 is 0 Å². The molecule has 0 N–H and O–H groups in total. The monoisotopic (exact) mass is 408 g/mol. The number of hydrogen-bond donors (Lipinski definition) is 0. The van der Waals surface area contributed by atoms with Crippen molar-refractivity contribution in [2.24, 2.45) is 0 Å². The van der Waals surface area contributed by atoms with Gasteiger partial charge in [0.2, 0.25) is 0 Å². The summed E-state index contributed by atoms with van der Waals surface area (Å²) >= 11 is 8.59. The second-order valence-electron chi connectivity index (χ2n) is 4.58. The molecule has 0 spiro atoms. The van der Waals surface area contributed by atoms with E-state index in [0.717, 1.165) is 30.2 Å². The van der Waals surface area contributed by atoms with Crippen LogP contribution in [0, 0.1) is 6.92 Å². The number of halogens is 2. The Bertz CT molecular complexity index is 820. The summed E-state index contributed by atoms with van der Waals surface area (Å²) in [5.74, 6) is 0.0601. The highest BCUT2D eigenvalue weighted by Gasteiger charge is 2.17. The van der Waals surface area contributed by atoms with Crippen LogP contribution in [0.2, 0.25) is 0 Å². The second-order valence-corrected chi connectivity index (χ2v) is 7.17. The predicted molar refractivity (Wildman–Crippen MR) is 91.8 cm³/mol. The molecule has 3 aromatic rings. The van der Waals surface area contributed by atoms with Gasteiger partial charge in [0, 0.05) is 35.5 Å². The molecule has 0 amide bonds. The predicted octanol–water partition coefficient (Wildman–Crippen LogP) is 5.97. The average Bonchev–Trinajstić information content (AvgIpc) is 2.86. The van der Waals surface area contributed by atoms with Crippen LogP contribution in [0.5, 0.6) is 0 Å². The molecule has 0 saturated heterocycles. The van der Waals surface area contributed by atoms with Gasteiger partial charge in [0.05, 0.1) is 0 Å². The van der Waals surface area contributed by atoms with Gasteiger partial charge in [-0.1, -0.05) is 39.7 Å². The van der Waals surface area contributed by atoms with Crippen LogP contribution in [0.25, 0.3) is 10.1 Å². The first kappa shape index (κ1) is 14.0. The lowest BCUT2D eigenvalue weighted by atomic mass is 10.0. The van der Waals surface area contributed by atoms with E-state index >= 15 is 0 Å². The van der Waals surface area contributed by atoms with Crippen LogP contribution >= 0.6 is 43.2 Å². The average molecular weight is 410 g/mol. The summed E-state index contributed by atoms with van der Waals surface area (Å²) in [6.45, 7) is 1.99. The molecule has 20 heavy (non-hydrogen) atoms. The van der Waals surface area contributed by atoms with Gasteiger partial charge in [-0.3, -0.25) is 4.79 Å². The van der Waals surface area contributed by atoms with Crippen molar-refractivity contribution < 1.29 is 4.79 Å². The minimum Gasteiger partial charge on any atom is -0.289 e. The fraction of sp³-hybridized carbons (Fsp3) is 0.0625. The largest absolute Gasteiger partial charge is 0.289 e. The van der Waals surface area contributed by atoms with E-state index in [1.807, 2.05) is 48.7 Å². The summed E-state index contributed by atoms with van der Waals surface area (Å²) < 4.78 is 2.98. The number of benzene rings is 2. The maximum absolute atomic E-state index is 12.8. The van der Waals surface area contributed by atoms with Gasteiger partial charge in [0.1, 0.15) is 0 Å². The molecule has 1 aromatic heterocycles. The minimum atomic E-state index is 0.0601. The van der Waals surface area contributed by atoms with Gasteiger partial charge >= 0.3 is 0 Å². The Hall–Kier alpha value is -0.970. The van der Waals surface area contributed by atoms with E-state index in [9.17, 15) is 4.79 Å². The molecule has 0 aliphatic carbocycles. The summed E-state index contributed by atoms with van der Waals surface area (Å²) in [5.41, 5.74) is 2.56. The molecule has 0 aliphatic rings. The molecule has 100 valence electrons. The third kappa shape index (κ3) is 2.36. The summed E-state index contributed by atoms with van der Waals surface area (Å²) in [6.07, 6.45) is 0. The van der Waals surface area contributed by atoms with Gasteiger partial charge in [-0.05, 0) is 41.1 Å². The molecule has 3 rings (SSSR count). The lowest BCUT2D eigenvalue weighted by Crippen LogP contribution is -2.01. The van der Waals surface area contributed by atoms with E-state index in [2.05, 4.69) is 31.9 Å². The topological polar surface area (TPSA) is 17.1 Å². The molecule has 2 aromatic carbocycles. The zero-order valence-electron chi connectivity index (χ0n) is 10.6. The Morgan fingerprint density at radius 1 is 1.05 bits per heavy atom. The first-order valence-corrected chi connectivity index (χ1v) is 8.51. The quantitative estimate of drug-likeness (QED) is 0.476. The molecule has 0 atom stereocenters.